The first-order valence-electron chi connectivity index (χ1n) is 14.4. The maximum atomic E-state index is 9.98. The third-order valence-corrected chi connectivity index (χ3v) is 9.89. The molecule has 5 heteroatoms. The fraction of sp³-hybridized carbons (Fsp3) is 0.0256. The molecule has 0 atom stereocenters. The van der Waals surface area contributed by atoms with Crippen LogP contribution in [-0.4, -0.2) is 4.57 Å². The lowest BCUT2D eigenvalue weighted by Gasteiger charge is -2.15. The van der Waals surface area contributed by atoms with Crippen LogP contribution in [0.3, 0.4) is 0 Å². The predicted molar refractivity (Wildman–Crippen MR) is 180 cm³/mol. The van der Waals surface area contributed by atoms with Gasteiger partial charge in [0.2, 0.25) is 0 Å². The molecule has 0 spiro atoms. The van der Waals surface area contributed by atoms with Crippen molar-refractivity contribution in [2.75, 3.05) is 0 Å². The van der Waals surface area contributed by atoms with Gasteiger partial charge in [-0.3, -0.25) is 0 Å². The second kappa shape index (κ2) is 9.31. The minimum atomic E-state index is 0.610. The molecule has 0 aliphatic rings. The third kappa shape index (κ3) is 3.54. The van der Waals surface area contributed by atoms with Gasteiger partial charge in [0, 0.05) is 37.0 Å². The Morgan fingerprint density at radius 1 is 0.614 bits per heavy atom. The lowest BCUT2D eigenvalue weighted by atomic mass is 9.99. The zero-order valence-electron chi connectivity index (χ0n) is 23.3. The van der Waals surface area contributed by atoms with Gasteiger partial charge in [-0.25, -0.2) is 0 Å². The number of hydrogen-bond donors (Lipinski definition) is 0. The van der Waals surface area contributed by atoms with Gasteiger partial charge in [0.1, 0.15) is 11.2 Å². The van der Waals surface area contributed by atoms with Crippen LogP contribution in [0.25, 0.3) is 69.6 Å². The molecule has 0 aliphatic carbocycles. The van der Waals surface area contributed by atoms with Gasteiger partial charge in [0.15, 0.2) is 0 Å². The zero-order chi connectivity index (χ0) is 29.4. The van der Waals surface area contributed by atoms with Gasteiger partial charge in [-0.15, -0.1) is 11.3 Å². The van der Waals surface area contributed by atoms with Gasteiger partial charge in [0.25, 0.3) is 0 Å². The normalized spacial score (nSPS) is 11.7. The maximum Gasteiger partial charge on any atom is 0.135 e. The molecule has 0 aliphatic heterocycles. The van der Waals surface area contributed by atoms with Gasteiger partial charge < -0.3 is 8.98 Å². The minimum Gasteiger partial charge on any atom is -0.456 e. The number of nitriles is 2. The number of rotatable bonds is 3. The van der Waals surface area contributed by atoms with E-state index in [2.05, 4.69) is 95.6 Å². The van der Waals surface area contributed by atoms with Crippen LogP contribution in [0.2, 0.25) is 0 Å². The van der Waals surface area contributed by atoms with Crippen molar-refractivity contribution in [3.05, 3.63) is 138 Å². The average molecular weight is 580 g/mol. The van der Waals surface area contributed by atoms with E-state index in [1.807, 2.05) is 41.7 Å². The molecule has 0 unspecified atom stereocenters. The zero-order valence-corrected chi connectivity index (χ0v) is 24.2. The third-order valence-electron chi connectivity index (χ3n) is 8.69. The molecule has 3 heterocycles. The van der Waals surface area contributed by atoms with Crippen LogP contribution < -0.4 is 0 Å². The Labute approximate surface area is 255 Å². The van der Waals surface area contributed by atoms with Crippen LogP contribution in [0, 0.1) is 22.7 Å². The first-order chi connectivity index (χ1) is 21.7. The first-order valence-corrected chi connectivity index (χ1v) is 15.2. The molecule has 6 aromatic carbocycles. The molecule has 204 valence electrons. The molecule has 3 aromatic heterocycles. The molecule has 44 heavy (non-hydrogen) atoms. The van der Waals surface area contributed by atoms with Crippen molar-refractivity contribution in [3.8, 4) is 17.8 Å². The Kier molecular flexibility index (Phi) is 5.23. The summed E-state index contributed by atoms with van der Waals surface area (Å²) in [5.41, 5.74) is 8.34. The highest BCUT2D eigenvalue weighted by molar-refractivity contribution is 7.26. The Balaban J connectivity index is 1.31. The van der Waals surface area contributed by atoms with Crippen LogP contribution in [0.15, 0.2) is 120 Å². The van der Waals surface area contributed by atoms with E-state index in [0.717, 1.165) is 44.3 Å². The van der Waals surface area contributed by atoms with Crippen molar-refractivity contribution in [3.63, 3.8) is 0 Å². The van der Waals surface area contributed by atoms with Crippen molar-refractivity contribution in [2.24, 2.45) is 0 Å². The Morgan fingerprint density at radius 3 is 2.18 bits per heavy atom. The summed E-state index contributed by atoms with van der Waals surface area (Å²) in [4.78, 5) is 0. The topological polar surface area (TPSA) is 65.7 Å². The van der Waals surface area contributed by atoms with Gasteiger partial charge >= 0.3 is 0 Å². The lowest BCUT2D eigenvalue weighted by Crippen LogP contribution is -2.02. The van der Waals surface area contributed by atoms with E-state index >= 15 is 0 Å². The number of benzene rings is 6. The standard InChI is InChI=1S/C39H21N3OS/c40-21-24-11-16-36-32(19-24)31-18-23(10-15-35(31)43-36)17-26-12-9-25(22-41)20-34(26)42-33-7-3-1-5-27(33)29-13-14-30-28-6-2-4-8-37(28)44-39(30)38(29)42/h1-16,18-20H,17H2. The Hall–Kier alpha value is -5.88. The molecule has 0 amide bonds. The summed E-state index contributed by atoms with van der Waals surface area (Å²) in [7, 11) is 0. The lowest BCUT2D eigenvalue weighted by molar-refractivity contribution is 0.669. The highest BCUT2D eigenvalue weighted by Gasteiger charge is 2.20. The van der Waals surface area contributed by atoms with Crippen LogP contribution in [-0.2, 0) is 6.42 Å². The monoisotopic (exact) mass is 579 g/mol. The van der Waals surface area contributed by atoms with Crippen LogP contribution >= 0.6 is 11.3 Å². The summed E-state index contributed by atoms with van der Waals surface area (Å²) in [5.74, 6) is 0. The minimum absolute atomic E-state index is 0.610. The fourth-order valence-corrected chi connectivity index (χ4v) is 7.94. The summed E-state index contributed by atoms with van der Waals surface area (Å²) in [6.07, 6.45) is 0.665. The number of fused-ring (bicyclic) bond motifs is 10. The Bertz CT molecular complexity index is 2730. The van der Waals surface area contributed by atoms with Gasteiger partial charge in [-0.1, -0.05) is 60.7 Å². The highest BCUT2D eigenvalue weighted by atomic mass is 32.1. The second-order valence-corrected chi connectivity index (χ2v) is 12.2. The summed E-state index contributed by atoms with van der Waals surface area (Å²) in [5, 5.41) is 26.3. The molecule has 9 aromatic rings. The van der Waals surface area contributed by atoms with E-state index in [1.54, 1.807) is 6.07 Å². The summed E-state index contributed by atoms with van der Waals surface area (Å²) in [6.45, 7) is 0. The molecule has 4 nitrogen and oxygen atoms in total. The number of hydrogen-bond acceptors (Lipinski definition) is 4. The summed E-state index contributed by atoms with van der Waals surface area (Å²) in [6, 6.07) is 44.1. The molecule has 9 rings (SSSR count). The average Bonchev–Trinajstić information content (AvgIpc) is 3.74. The van der Waals surface area contributed by atoms with Crippen molar-refractivity contribution >= 4 is 75.3 Å². The van der Waals surface area contributed by atoms with Crippen LogP contribution in [0.5, 0.6) is 0 Å². The Morgan fingerprint density at radius 2 is 1.32 bits per heavy atom. The van der Waals surface area contributed by atoms with E-state index in [9.17, 15) is 10.5 Å². The molecular formula is C39H21N3OS. The van der Waals surface area contributed by atoms with E-state index in [0.29, 0.717) is 17.5 Å². The second-order valence-electron chi connectivity index (χ2n) is 11.2. The number of para-hydroxylation sites is 1. The number of thiophene rings is 1. The van der Waals surface area contributed by atoms with Gasteiger partial charge in [-0.05, 0) is 72.1 Å². The fourth-order valence-electron chi connectivity index (χ4n) is 6.70. The molecule has 0 saturated heterocycles. The number of aromatic nitrogens is 1. The molecule has 0 radical (unpaired) electrons. The van der Waals surface area contributed by atoms with E-state index < -0.39 is 0 Å². The van der Waals surface area contributed by atoms with Crippen molar-refractivity contribution in [2.45, 2.75) is 6.42 Å². The molecule has 0 bridgehead atoms. The van der Waals surface area contributed by atoms with Crippen LogP contribution in [0.4, 0.5) is 0 Å². The van der Waals surface area contributed by atoms with Gasteiger partial charge in [-0.2, -0.15) is 10.5 Å². The molecule has 0 saturated carbocycles. The van der Waals surface area contributed by atoms with Crippen molar-refractivity contribution in [1.29, 1.82) is 10.5 Å². The van der Waals surface area contributed by atoms with E-state index in [-0.39, 0.29) is 0 Å². The largest absolute Gasteiger partial charge is 0.456 e. The smallest absolute Gasteiger partial charge is 0.135 e. The van der Waals surface area contributed by atoms with E-state index in [4.69, 9.17) is 4.42 Å². The number of nitrogens with zero attached hydrogens (tertiary/aromatic N) is 3. The van der Waals surface area contributed by atoms with Gasteiger partial charge in [0.05, 0.1) is 44.7 Å². The van der Waals surface area contributed by atoms with E-state index in [1.165, 1.54) is 36.5 Å². The quantitative estimate of drug-likeness (QED) is 0.209. The maximum absolute atomic E-state index is 9.98. The highest BCUT2D eigenvalue weighted by Crippen LogP contribution is 2.43. The van der Waals surface area contributed by atoms with Crippen molar-refractivity contribution in [1.82, 2.24) is 4.57 Å². The summed E-state index contributed by atoms with van der Waals surface area (Å²) < 4.78 is 11.0. The molecule has 0 N–H and O–H groups in total. The SMILES string of the molecule is N#Cc1ccc(Cc2ccc3oc4ccc(C#N)cc4c3c2)c(-n2c3ccccc3c3ccc4c5ccccc5sc4c32)c1. The molecular weight excluding hydrogens is 559 g/mol. The molecule has 0 fully saturated rings. The summed E-state index contributed by atoms with van der Waals surface area (Å²) >= 11 is 1.82. The predicted octanol–water partition coefficient (Wildman–Crippen LogP) is 10.4. The van der Waals surface area contributed by atoms with Crippen molar-refractivity contribution < 1.29 is 4.42 Å². The number of furan rings is 1. The van der Waals surface area contributed by atoms with Crippen LogP contribution in [0.1, 0.15) is 22.3 Å². The first kappa shape index (κ1) is 24.7.